The highest BCUT2D eigenvalue weighted by molar-refractivity contribution is 7.49. The molecule has 0 aliphatic carbocycles. The molecule has 8 nitrogen and oxygen atoms in total. The maximum Gasteiger partial charge on any atom is 0.530 e. The van der Waals surface area contributed by atoms with Crippen LogP contribution in [0.25, 0.3) is 5.69 Å². The van der Waals surface area contributed by atoms with E-state index in [1.807, 2.05) is 0 Å². The van der Waals surface area contributed by atoms with Gasteiger partial charge in [-0.25, -0.2) is 13.8 Å². The SMILES string of the molecule is CC(C)OP(=O)(Oc1ccn(-c2ccc(F)cc2)c(=O)c1C(=O)O)OC(C)C. The molecule has 10 heteroatoms. The molecule has 152 valence electrons. The zero-order chi connectivity index (χ0) is 21.1. The number of carbonyl (C=O) groups is 1. The molecule has 1 heterocycles. The van der Waals surface area contributed by atoms with E-state index >= 15 is 0 Å². The zero-order valence-electron chi connectivity index (χ0n) is 15.8. The highest BCUT2D eigenvalue weighted by Crippen LogP contribution is 2.51. The molecule has 0 bridgehead atoms. The van der Waals surface area contributed by atoms with Crippen molar-refractivity contribution in [3.8, 4) is 11.4 Å². The van der Waals surface area contributed by atoms with Crippen LogP contribution < -0.4 is 10.1 Å². The first-order valence-electron chi connectivity index (χ1n) is 8.43. The van der Waals surface area contributed by atoms with Gasteiger partial charge in [0.25, 0.3) is 5.56 Å². The quantitative estimate of drug-likeness (QED) is 0.652. The molecular formula is C18H21FNO7P. The summed E-state index contributed by atoms with van der Waals surface area (Å²) in [5, 5.41) is 9.50. The lowest BCUT2D eigenvalue weighted by Crippen LogP contribution is -2.26. The molecule has 0 fully saturated rings. The largest absolute Gasteiger partial charge is 0.530 e. The number of pyridine rings is 1. The Kier molecular flexibility index (Phi) is 6.77. The molecule has 2 aromatic rings. The number of carboxylic acids is 1. The van der Waals surface area contributed by atoms with Crippen LogP contribution in [0, 0.1) is 5.82 Å². The smallest absolute Gasteiger partial charge is 0.477 e. The van der Waals surface area contributed by atoms with E-state index in [0.717, 1.165) is 22.8 Å². The predicted octanol–water partition coefficient (Wildman–Crippen LogP) is 4.01. The van der Waals surface area contributed by atoms with Gasteiger partial charge in [0.1, 0.15) is 5.82 Å². The van der Waals surface area contributed by atoms with Crippen LogP contribution in [0.5, 0.6) is 5.75 Å². The monoisotopic (exact) mass is 413 g/mol. The molecule has 0 saturated heterocycles. The Labute approximate surface area is 161 Å². The van der Waals surface area contributed by atoms with Gasteiger partial charge >= 0.3 is 13.8 Å². The summed E-state index contributed by atoms with van der Waals surface area (Å²) in [5.74, 6) is -2.55. The van der Waals surface area contributed by atoms with Crippen LogP contribution in [-0.2, 0) is 13.6 Å². The second-order valence-corrected chi connectivity index (χ2v) is 7.86. The van der Waals surface area contributed by atoms with Gasteiger partial charge in [0.15, 0.2) is 11.3 Å². The Balaban J connectivity index is 2.54. The van der Waals surface area contributed by atoms with Gasteiger partial charge < -0.3 is 9.63 Å². The minimum absolute atomic E-state index is 0.250. The van der Waals surface area contributed by atoms with Gasteiger partial charge in [-0.05, 0) is 58.0 Å². The molecule has 2 rings (SSSR count). The number of phosphoric acid groups is 1. The molecule has 1 aromatic heterocycles. The summed E-state index contributed by atoms with van der Waals surface area (Å²) >= 11 is 0. The van der Waals surface area contributed by atoms with Crippen molar-refractivity contribution < 1.29 is 32.4 Å². The number of halogens is 1. The van der Waals surface area contributed by atoms with E-state index in [4.69, 9.17) is 13.6 Å². The Morgan fingerprint density at radius 2 is 1.61 bits per heavy atom. The highest BCUT2D eigenvalue weighted by atomic mass is 31.2. The minimum atomic E-state index is -4.19. The predicted molar refractivity (Wildman–Crippen MR) is 99.6 cm³/mol. The van der Waals surface area contributed by atoms with Gasteiger partial charge in [0, 0.05) is 11.9 Å². The molecule has 0 spiro atoms. The fourth-order valence-corrected chi connectivity index (χ4v) is 3.86. The fraction of sp³-hybridized carbons (Fsp3) is 0.333. The lowest BCUT2D eigenvalue weighted by molar-refractivity contribution is 0.0690. The maximum absolute atomic E-state index is 13.1. The number of hydrogen-bond acceptors (Lipinski definition) is 6. The van der Waals surface area contributed by atoms with Crippen molar-refractivity contribution in [1.29, 1.82) is 0 Å². The Hall–Kier alpha value is -2.48. The summed E-state index contributed by atoms with van der Waals surface area (Å²) in [5.41, 5.74) is -1.45. The van der Waals surface area contributed by atoms with Crippen molar-refractivity contribution in [2.75, 3.05) is 0 Å². The molecule has 0 aliphatic heterocycles. The highest BCUT2D eigenvalue weighted by Gasteiger charge is 2.34. The molecule has 28 heavy (non-hydrogen) atoms. The first-order chi connectivity index (χ1) is 13.0. The number of carboxylic acid groups (broad SMARTS) is 1. The van der Waals surface area contributed by atoms with Crippen molar-refractivity contribution in [2.45, 2.75) is 39.9 Å². The van der Waals surface area contributed by atoms with Crippen LogP contribution in [0.2, 0.25) is 0 Å². The van der Waals surface area contributed by atoms with Crippen molar-refractivity contribution in [2.24, 2.45) is 0 Å². The van der Waals surface area contributed by atoms with Crippen LogP contribution >= 0.6 is 7.82 Å². The number of benzene rings is 1. The third kappa shape index (κ3) is 5.28. The molecule has 0 amide bonds. The number of nitrogens with zero attached hydrogens (tertiary/aromatic N) is 1. The van der Waals surface area contributed by atoms with Crippen molar-refractivity contribution >= 4 is 13.8 Å². The van der Waals surface area contributed by atoms with Gasteiger partial charge in [0.2, 0.25) is 0 Å². The van der Waals surface area contributed by atoms with E-state index in [2.05, 4.69) is 0 Å². The average molecular weight is 413 g/mol. The summed E-state index contributed by atoms with van der Waals surface area (Å²) in [4.78, 5) is 24.4. The summed E-state index contributed by atoms with van der Waals surface area (Å²) < 4.78 is 42.7. The number of aromatic carboxylic acids is 1. The minimum Gasteiger partial charge on any atom is -0.477 e. The summed E-state index contributed by atoms with van der Waals surface area (Å²) in [6.07, 6.45) is 0.141. The van der Waals surface area contributed by atoms with Gasteiger partial charge in [-0.1, -0.05) is 0 Å². The van der Waals surface area contributed by atoms with Crippen LogP contribution in [0.3, 0.4) is 0 Å². The number of phosphoric ester groups is 1. The van der Waals surface area contributed by atoms with E-state index in [1.165, 1.54) is 18.3 Å². The Morgan fingerprint density at radius 1 is 1.07 bits per heavy atom. The van der Waals surface area contributed by atoms with Crippen LogP contribution in [0.1, 0.15) is 38.1 Å². The summed E-state index contributed by atoms with van der Waals surface area (Å²) in [6.45, 7) is 6.41. The first-order valence-corrected chi connectivity index (χ1v) is 9.90. The van der Waals surface area contributed by atoms with Crippen LogP contribution in [-0.4, -0.2) is 27.9 Å². The van der Waals surface area contributed by atoms with E-state index in [9.17, 15) is 23.7 Å². The molecule has 0 unspecified atom stereocenters. The molecule has 1 aromatic carbocycles. The average Bonchev–Trinajstić information content (AvgIpc) is 2.53. The Morgan fingerprint density at radius 3 is 2.07 bits per heavy atom. The van der Waals surface area contributed by atoms with Gasteiger partial charge in [0.05, 0.1) is 12.2 Å². The number of rotatable bonds is 8. The molecule has 0 saturated carbocycles. The van der Waals surface area contributed by atoms with Crippen molar-refractivity contribution in [3.05, 3.63) is 58.3 Å². The molecule has 1 N–H and O–H groups in total. The second-order valence-electron chi connectivity index (χ2n) is 6.36. The van der Waals surface area contributed by atoms with Gasteiger partial charge in [-0.3, -0.25) is 18.4 Å². The number of aromatic nitrogens is 1. The molecule has 0 aliphatic rings. The lowest BCUT2D eigenvalue weighted by Gasteiger charge is -2.23. The Bertz CT molecular complexity index is 939. The van der Waals surface area contributed by atoms with Crippen molar-refractivity contribution in [1.82, 2.24) is 4.57 Å². The number of hydrogen-bond donors (Lipinski definition) is 1. The van der Waals surface area contributed by atoms with E-state index in [1.54, 1.807) is 27.7 Å². The normalized spacial score (nSPS) is 11.8. The molecule has 0 atom stereocenters. The van der Waals surface area contributed by atoms with Gasteiger partial charge in [-0.15, -0.1) is 0 Å². The van der Waals surface area contributed by atoms with Crippen LogP contribution in [0.15, 0.2) is 41.3 Å². The lowest BCUT2D eigenvalue weighted by atomic mass is 10.2. The standard InChI is InChI=1S/C18H21FNO7P/c1-11(2)25-28(24,26-12(3)4)27-15-9-10-20(17(21)16(15)18(22)23)14-7-5-13(19)6-8-14/h5-12H,1-4H3,(H,22,23). The van der Waals surface area contributed by atoms with Gasteiger partial charge in [-0.2, -0.15) is 0 Å². The maximum atomic E-state index is 13.1. The van der Waals surface area contributed by atoms with E-state index in [-0.39, 0.29) is 5.69 Å². The van der Waals surface area contributed by atoms with Crippen LogP contribution in [0.4, 0.5) is 4.39 Å². The summed E-state index contributed by atoms with van der Waals surface area (Å²) in [7, 11) is -4.19. The molecule has 0 radical (unpaired) electrons. The summed E-state index contributed by atoms with van der Waals surface area (Å²) in [6, 6.07) is 6.06. The topological polar surface area (TPSA) is 104 Å². The van der Waals surface area contributed by atoms with Crippen molar-refractivity contribution in [3.63, 3.8) is 0 Å². The zero-order valence-corrected chi connectivity index (χ0v) is 16.7. The van der Waals surface area contributed by atoms with E-state index in [0.29, 0.717) is 0 Å². The fourth-order valence-electron chi connectivity index (χ4n) is 2.30. The van der Waals surface area contributed by atoms with E-state index < -0.39 is 48.7 Å². The first kappa shape index (κ1) is 21.8. The third-order valence-electron chi connectivity index (χ3n) is 3.26. The second kappa shape index (κ2) is 8.68. The molecular weight excluding hydrogens is 392 g/mol. The third-order valence-corrected chi connectivity index (χ3v) is 5.04.